The minimum atomic E-state index is -0.690. The van der Waals surface area contributed by atoms with Gasteiger partial charge in [0.25, 0.3) is 0 Å². The number of rotatable bonds is 7. The van der Waals surface area contributed by atoms with E-state index in [4.69, 9.17) is 0 Å². The van der Waals surface area contributed by atoms with Crippen LogP contribution in [0.2, 0.25) is 0 Å². The van der Waals surface area contributed by atoms with E-state index < -0.39 is 6.04 Å². The van der Waals surface area contributed by atoms with Crippen LogP contribution < -0.4 is 10.2 Å². The molecule has 1 N–H and O–H groups in total. The van der Waals surface area contributed by atoms with E-state index in [0.717, 1.165) is 22.2 Å². The van der Waals surface area contributed by atoms with Crippen molar-refractivity contribution >= 4 is 28.4 Å². The van der Waals surface area contributed by atoms with Crippen molar-refractivity contribution < 1.29 is 9.59 Å². The molecule has 0 saturated carbocycles. The maximum Gasteiger partial charge on any atom is 0.249 e. The van der Waals surface area contributed by atoms with Gasteiger partial charge in [0, 0.05) is 30.7 Å². The zero-order chi connectivity index (χ0) is 21.6. The average Bonchev–Trinajstić information content (AvgIpc) is 3.21. The Hall–Kier alpha value is -3.93. The number of nitrogens with one attached hydrogen (secondary N) is 1. The molecule has 3 aromatic carbocycles. The van der Waals surface area contributed by atoms with Crippen molar-refractivity contribution in [1.82, 2.24) is 15.1 Å². The van der Waals surface area contributed by atoms with Crippen LogP contribution in [0.25, 0.3) is 10.9 Å². The summed E-state index contributed by atoms with van der Waals surface area (Å²) in [5.74, 6) is -0.433. The van der Waals surface area contributed by atoms with Gasteiger partial charge in [-0.25, -0.2) is 0 Å². The van der Waals surface area contributed by atoms with Crippen LogP contribution in [0, 0.1) is 0 Å². The lowest BCUT2D eigenvalue weighted by atomic mass is 10.0. The SMILES string of the molecule is CN(C(=O)C(Cc1ccccc1)NC(=O)Cn1cc2ccccc2n1)c1ccccc1. The van der Waals surface area contributed by atoms with E-state index in [1.807, 2.05) is 91.1 Å². The number of aromatic nitrogens is 2. The Morgan fingerprint density at radius 2 is 1.58 bits per heavy atom. The van der Waals surface area contributed by atoms with Crippen molar-refractivity contribution in [3.63, 3.8) is 0 Å². The van der Waals surface area contributed by atoms with Gasteiger partial charge in [-0.15, -0.1) is 0 Å². The minimum absolute atomic E-state index is 0.0439. The molecule has 156 valence electrons. The summed E-state index contributed by atoms with van der Waals surface area (Å²) < 4.78 is 1.60. The van der Waals surface area contributed by atoms with Crippen LogP contribution in [0.1, 0.15) is 5.56 Å². The molecular formula is C25H24N4O2. The van der Waals surface area contributed by atoms with Gasteiger partial charge in [0.1, 0.15) is 12.6 Å². The molecule has 1 atom stereocenters. The Morgan fingerprint density at radius 1 is 0.935 bits per heavy atom. The van der Waals surface area contributed by atoms with Crippen molar-refractivity contribution in [2.75, 3.05) is 11.9 Å². The quantitative estimate of drug-likeness (QED) is 0.506. The number of carbonyl (C=O) groups is 2. The molecule has 0 bridgehead atoms. The smallest absolute Gasteiger partial charge is 0.249 e. The van der Waals surface area contributed by atoms with Crippen molar-refractivity contribution in [1.29, 1.82) is 0 Å². The number of fused-ring (bicyclic) bond motifs is 1. The Bertz CT molecular complexity index is 1140. The molecule has 1 heterocycles. The summed E-state index contributed by atoms with van der Waals surface area (Å²) in [6.07, 6.45) is 2.24. The largest absolute Gasteiger partial charge is 0.342 e. The first kappa shape index (κ1) is 20.3. The van der Waals surface area contributed by atoms with E-state index in [-0.39, 0.29) is 18.4 Å². The van der Waals surface area contributed by atoms with Gasteiger partial charge < -0.3 is 10.2 Å². The molecule has 4 aromatic rings. The number of amides is 2. The van der Waals surface area contributed by atoms with Crippen LogP contribution in [-0.2, 0) is 22.6 Å². The molecule has 4 rings (SSSR count). The lowest BCUT2D eigenvalue weighted by Crippen LogP contribution is -2.49. The molecule has 1 unspecified atom stereocenters. The summed E-state index contributed by atoms with van der Waals surface area (Å²) in [4.78, 5) is 27.7. The topological polar surface area (TPSA) is 67.2 Å². The van der Waals surface area contributed by atoms with E-state index in [0.29, 0.717) is 6.42 Å². The van der Waals surface area contributed by atoms with Crippen molar-refractivity contribution in [2.24, 2.45) is 0 Å². The van der Waals surface area contributed by atoms with Crippen LogP contribution in [0.3, 0.4) is 0 Å². The van der Waals surface area contributed by atoms with Gasteiger partial charge in [0.05, 0.1) is 5.52 Å². The van der Waals surface area contributed by atoms with Gasteiger partial charge in [0.2, 0.25) is 11.8 Å². The van der Waals surface area contributed by atoms with Crippen LogP contribution in [0.15, 0.2) is 91.1 Å². The van der Waals surface area contributed by atoms with E-state index >= 15 is 0 Å². The van der Waals surface area contributed by atoms with E-state index in [9.17, 15) is 9.59 Å². The van der Waals surface area contributed by atoms with Crippen LogP contribution in [0.4, 0.5) is 5.69 Å². The molecule has 0 spiro atoms. The predicted octanol–water partition coefficient (Wildman–Crippen LogP) is 3.43. The second-order valence-electron chi connectivity index (χ2n) is 7.43. The number of hydrogen-bond acceptors (Lipinski definition) is 3. The van der Waals surface area contributed by atoms with Gasteiger partial charge in [-0.1, -0.05) is 66.7 Å². The van der Waals surface area contributed by atoms with Crippen molar-refractivity contribution in [3.05, 3.63) is 96.7 Å². The maximum absolute atomic E-state index is 13.3. The third-order valence-electron chi connectivity index (χ3n) is 5.16. The van der Waals surface area contributed by atoms with Crippen LogP contribution >= 0.6 is 0 Å². The van der Waals surface area contributed by atoms with E-state index in [1.54, 1.807) is 16.6 Å². The van der Waals surface area contributed by atoms with E-state index in [2.05, 4.69) is 10.4 Å². The molecule has 0 radical (unpaired) electrons. The first-order valence-electron chi connectivity index (χ1n) is 10.2. The maximum atomic E-state index is 13.3. The highest BCUT2D eigenvalue weighted by Gasteiger charge is 2.25. The molecule has 31 heavy (non-hydrogen) atoms. The van der Waals surface area contributed by atoms with Crippen molar-refractivity contribution in [2.45, 2.75) is 19.0 Å². The molecule has 0 saturated heterocycles. The first-order chi connectivity index (χ1) is 15.1. The molecule has 6 nitrogen and oxygen atoms in total. The Morgan fingerprint density at radius 3 is 2.29 bits per heavy atom. The van der Waals surface area contributed by atoms with Crippen LogP contribution in [0.5, 0.6) is 0 Å². The number of benzene rings is 3. The van der Waals surface area contributed by atoms with Crippen LogP contribution in [-0.4, -0.2) is 34.7 Å². The molecule has 0 aliphatic rings. The van der Waals surface area contributed by atoms with Crippen molar-refractivity contribution in [3.8, 4) is 0 Å². The summed E-state index contributed by atoms with van der Waals surface area (Å²) in [7, 11) is 1.72. The zero-order valence-electron chi connectivity index (χ0n) is 17.3. The van der Waals surface area contributed by atoms with E-state index in [1.165, 1.54) is 0 Å². The monoisotopic (exact) mass is 412 g/mol. The number of hydrogen-bond donors (Lipinski definition) is 1. The highest BCUT2D eigenvalue weighted by molar-refractivity contribution is 5.99. The third-order valence-corrected chi connectivity index (χ3v) is 5.16. The molecule has 0 aliphatic carbocycles. The molecule has 1 aromatic heterocycles. The number of para-hydroxylation sites is 1. The van der Waals surface area contributed by atoms with Gasteiger partial charge in [-0.2, -0.15) is 5.10 Å². The highest BCUT2D eigenvalue weighted by atomic mass is 16.2. The van der Waals surface area contributed by atoms with Gasteiger partial charge in [-0.05, 0) is 23.8 Å². The summed E-state index contributed by atoms with van der Waals surface area (Å²) in [5.41, 5.74) is 2.58. The fourth-order valence-corrected chi connectivity index (χ4v) is 3.55. The standard InChI is InChI=1S/C25H24N4O2/c1-28(21-13-6-3-7-14-21)25(31)23(16-19-10-4-2-5-11-19)26-24(30)18-29-17-20-12-8-9-15-22(20)27-29/h2-15,17,23H,16,18H2,1H3,(H,26,30). The number of nitrogens with zero attached hydrogens (tertiary/aromatic N) is 3. The normalized spacial score (nSPS) is 11.8. The second-order valence-corrected chi connectivity index (χ2v) is 7.43. The average molecular weight is 412 g/mol. The third kappa shape index (κ3) is 4.98. The summed E-state index contributed by atoms with van der Waals surface area (Å²) >= 11 is 0. The highest BCUT2D eigenvalue weighted by Crippen LogP contribution is 2.15. The number of anilines is 1. The fourth-order valence-electron chi connectivity index (χ4n) is 3.55. The lowest BCUT2D eigenvalue weighted by Gasteiger charge is -2.25. The molecule has 6 heteroatoms. The Kier molecular flexibility index (Phi) is 6.08. The lowest BCUT2D eigenvalue weighted by molar-refractivity contribution is -0.127. The molecule has 2 amide bonds. The zero-order valence-corrected chi connectivity index (χ0v) is 17.3. The van der Waals surface area contributed by atoms with Gasteiger partial charge in [-0.3, -0.25) is 14.3 Å². The predicted molar refractivity (Wildman–Crippen MR) is 122 cm³/mol. The fraction of sp³-hybridized carbons (Fsp3) is 0.160. The molecule has 0 aliphatic heterocycles. The number of likely N-dealkylation sites (N-methyl/N-ethyl adjacent to an activating group) is 1. The number of carbonyl (C=O) groups excluding carboxylic acids is 2. The summed E-state index contributed by atoms with van der Waals surface area (Å²) in [6, 6.07) is 26.1. The Labute approximate surface area is 181 Å². The first-order valence-corrected chi connectivity index (χ1v) is 10.2. The van der Waals surface area contributed by atoms with Gasteiger partial charge >= 0.3 is 0 Å². The Balaban J connectivity index is 1.51. The molecular weight excluding hydrogens is 388 g/mol. The summed E-state index contributed by atoms with van der Waals surface area (Å²) in [6.45, 7) is 0.0439. The second kappa shape index (κ2) is 9.26. The summed E-state index contributed by atoms with van der Waals surface area (Å²) in [5, 5.41) is 8.32. The molecule has 0 fully saturated rings. The van der Waals surface area contributed by atoms with Gasteiger partial charge in [0.15, 0.2) is 0 Å². The minimum Gasteiger partial charge on any atom is -0.342 e.